The molecule has 0 aromatic heterocycles. The average molecular weight is 298 g/mol. The number of alkyl halides is 1. The Morgan fingerprint density at radius 1 is 1.35 bits per heavy atom. The first kappa shape index (κ1) is 14.2. The predicted molar refractivity (Wildman–Crippen MR) is 75.4 cm³/mol. The fourth-order valence-corrected chi connectivity index (χ4v) is 1.66. The zero-order valence-corrected chi connectivity index (χ0v) is 12.5. The zero-order valence-electron chi connectivity index (χ0n) is 10.9. The Hall–Kier alpha value is -0.830. The van der Waals surface area contributed by atoms with Gasteiger partial charge in [-0.2, -0.15) is 0 Å². The summed E-state index contributed by atoms with van der Waals surface area (Å²) >= 11 is 3.37. The Morgan fingerprint density at radius 2 is 1.88 bits per heavy atom. The van der Waals surface area contributed by atoms with E-state index in [1.807, 2.05) is 13.8 Å². The largest absolute Gasteiger partial charge is 0.348 e. The number of carbonyl (C=O) groups is 1. The summed E-state index contributed by atoms with van der Waals surface area (Å²) in [5, 5.41) is 3.06. The van der Waals surface area contributed by atoms with Crippen molar-refractivity contribution >= 4 is 21.8 Å². The molecule has 0 aliphatic rings. The van der Waals surface area contributed by atoms with Crippen LogP contribution in [0.2, 0.25) is 0 Å². The third kappa shape index (κ3) is 4.15. The van der Waals surface area contributed by atoms with Crippen LogP contribution < -0.4 is 5.32 Å². The maximum Gasteiger partial charge on any atom is 0.236 e. The zero-order chi connectivity index (χ0) is 13.1. The van der Waals surface area contributed by atoms with Gasteiger partial charge in [0.25, 0.3) is 0 Å². The molecule has 1 rings (SSSR count). The fourth-order valence-electron chi connectivity index (χ4n) is 1.55. The lowest BCUT2D eigenvalue weighted by atomic mass is 10.0. The predicted octanol–water partition coefficient (Wildman–Crippen LogP) is 3.74. The lowest BCUT2D eigenvalue weighted by Crippen LogP contribution is -2.39. The molecule has 0 saturated carbocycles. The molecule has 3 heteroatoms. The van der Waals surface area contributed by atoms with Gasteiger partial charge in [-0.3, -0.25) is 4.79 Å². The highest BCUT2D eigenvalue weighted by atomic mass is 79.9. The number of nitrogens with one attached hydrogen (secondary N) is 1. The normalized spacial score (nSPS) is 13.2. The molecule has 0 fully saturated rings. The topological polar surface area (TPSA) is 29.1 Å². The highest BCUT2D eigenvalue weighted by Gasteiger charge is 2.25. The summed E-state index contributed by atoms with van der Waals surface area (Å²) in [6, 6.07) is 8.38. The molecular weight excluding hydrogens is 278 g/mol. The van der Waals surface area contributed by atoms with Gasteiger partial charge in [-0.1, -0.05) is 52.7 Å². The summed E-state index contributed by atoms with van der Waals surface area (Å²) in [5.74, 6) is 0.0184. The molecule has 0 aliphatic heterocycles. The molecule has 94 valence electrons. The van der Waals surface area contributed by atoms with E-state index >= 15 is 0 Å². The van der Waals surface area contributed by atoms with E-state index in [9.17, 15) is 4.79 Å². The molecule has 1 atom stereocenters. The maximum atomic E-state index is 11.9. The Morgan fingerprint density at radius 3 is 2.29 bits per heavy atom. The Bertz CT molecular complexity index is 378. The number of benzene rings is 1. The van der Waals surface area contributed by atoms with Crippen molar-refractivity contribution in [3.63, 3.8) is 0 Å². The van der Waals surface area contributed by atoms with Crippen molar-refractivity contribution in [2.24, 2.45) is 0 Å². The van der Waals surface area contributed by atoms with Crippen LogP contribution in [0.1, 0.15) is 44.4 Å². The van der Waals surface area contributed by atoms with Gasteiger partial charge < -0.3 is 5.32 Å². The van der Waals surface area contributed by atoms with Crippen LogP contribution in [0.4, 0.5) is 0 Å². The van der Waals surface area contributed by atoms with E-state index in [2.05, 4.69) is 59.4 Å². The highest BCUT2D eigenvalue weighted by Crippen LogP contribution is 2.21. The highest BCUT2D eigenvalue weighted by molar-refractivity contribution is 9.10. The minimum atomic E-state index is -0.523. The van der Waals surface area contributed by atoms with E-state index in [0.717, 1.165) is 12.0 Å². The average Bonchev–Trinajstić information content (AvgIpc) is 2.25. The second kappa shape index (κ2) is 5.67. The van der Waals surface area contributed by atoms with Crippen LogP contribution in [0.5, 0.6) is 0 Å². The first-order valence-corrected chi connectivity index (χ1v) is 6.70. The molecule has 1 amide bonds. The first-order valence-electron chi connectivity index (χ1n) is 5.91. The summed E-state index contributed by atoms with van der Waals surface area (Å²) in [6.45, 7) is 7.84. The number of aryl methyl sites for hydroxylation is 1. The van der Waals surface area contributed by atoms with Crippen molar-refractivity contribution < 1.29 is 4.79 Å². The van der Waals surface area contributed by atoms with Crippen molar-refractivity contribution in [1.82, 2.24) is 5.32 Å². The number of halogens is 1. The fraction of sp³-hybridized carbons (Fsp3) is 0.500. The molecule has 0 heterocycles. The van der Waals surface area contributed by atoms with E-state index in [1.165, 1.54) is 5.56 Å². The quantitative estimate of drug-likeness (QED) is 0.843. The first-order chi connectivity index (χ1) is 7.84. The molecule has 0 bridgehead atoms. The van der Waals surface area contributed by atoms with E-state index in [4.69, 9.17) is 0 Å². The summed E-state index contributed by atoms with van der Waals surface area (Å²) in [5.41, 5.74) is 2.39. The van der Waals surface area contributed by atoms with Gasteiger partial charge >= 0.3 is 0 Å². The van der Waals surface area contributed by atoms with E-state index < -0.39 is 4.32 Å². The Kier molecular flexibility index (Phi) is 4.75. The van der Waals surface area contributed by atoms with Gasteiger partial charge in [0.1, 0.15) is 0 Å². The molecule has 1 aromatic rings. The van der Waals surface area contributed by atoms with Crippen molar-refractivity contribution in [2.75, 3.05) is 0 Å². The van der Waals surface area contributed by atoms with E-state index in [0.29, 0.717) is 0 Å². The van der Waals surface area contributed by atoms with Gasteiger partial charge in [0.15, 0.2) is 0 Å². The van der Waals surface area contributed by atoms with Crippen LogP contribution in [0.25, 0.3) is 0 Å². The van der Waals surface area contributed by atoms with Gasteiger partial charge in [-0.05, 0) is 32.8 Å². The number of amides is 1. The summed E-state index contributed by atoms with van der Waals surface area (Å²) in [6.07, 6.45) is 0.887. The smallest absolute Gasteiger partial charge is 0.236 e. The number of hydrogen-bond donors (Lipinski definition) is 1. The molecule has 0 radical (unpaired) electrons. The van der Waals surface area contributed by atoms with E-state index in [1.54, 1.807) is 0 Å². The second-order valence-corrected chi connectivity index (χ2v) is 6.80. The van der Waals surface area contributed by atoms with Gasteiger partial charge in [0, 0.05) is 0 Å². The molecule has 0 aliphatic carbocycles. The lowest BCUT2D eigenvalue weighted by Gasteiger charge is -2.22. The molecular formula is C14H20BrNO. The minimum Gasteiger partial charge on any atom is -0.348 e. The number of hydrogen-bond acceptors (Lipinski definition) is 1. The van der Waals surface area contributed by atoms with Crippen LogP contribution in [0.3, 0.4) is 0 Å². The maximum absolute atomic E-state index is 11.9. The van der Waals surface area contributed by atoms with Crippen LogP contribution in [-0.2, 0) is 4.79 Å². The van der Waals surface area contributed by atoms with Crippen molar-refractivity contribution in [2.45, 2.75) is 44.5 Å². The minimum absolute atomic E-state index is 0.0184. The van der Waals surface area contributed by atoms with Crippen LogP contribution in [0, 0.1) is 6.92 Å². The van der Waals surface area contributed by atoms with Crippen molar-refractivity contribution in [3.05, 3.63) is 35.4 Å². The second-order valence-electron chi connectivity index (χ2n) is 4.82. The lowest BCUT2D eigenvalue weighted by molar-refractivity contribution is -0.123. The third-order valence-electron chi connectivity index (χ3n) is 2.73. The molecule has 0 spiro atoms. The van der Waals surface area contributed by atoms with E-state index in [-0.39, 0.29) is 11.9 Å². The van der Waals surface area contributed by atoms with Gasteiger partial charge in [0.05, 0.1) is 10.4 Å². The van der Waals surface area contributed by atoms with Crippen LogP contribution in [0.15, 0.2) is 24.3 Å². The molecule has 1 N–H and O–H groups in total. The van der Waals surface area contributed by atoms with Gasteiger partial charge in [0.2, 0.25) is 5.91 Å². The SMILES string of the molecule is CCC(NC(=O)C(C)(C)Br)c1ccc(C)cc1. The third-order valence-corrected chi connectivity index (χ3v) is 3.09. The molecule has 0 saturated heterocycles. The monoisotopic (exact) mass is 297 g/mol. The Labute approximate surface area is 112 Å². The number of carbonyl (C=O) groups excluding carboxylic acids is 1. The van der Waals surface area contributed by atoms with Crippen molar-refractivity contribution in [3.8, 4) is 0 Å². The summed E-state index contributed by atoms with van der Waals surface area (Å²) in [4.78, 5) is 11.9. The molecule has 1 unspecified atom stereocenters. The summed E-state index contributed by atoms with van der Waals surface area (Å²) in [7, 11) is 0. The Balaban J connectivity index is 2.79. The van der Waals surface area contributed by atoms with Gasteiger partial charge in [-0.25, -0.2) is 0 Å². The van der Waals surface area contributed by atoms with Crippen LogP contribution in [-0.4, -0.2) is 10.2 Å². The van der Waals surface area contributed by atoms with Gasteiger partial charge in [-0.15, -0.1) is 0 Å². The number of rotatable bonds is 4. The summed E-state index contributed by atoms with van der Waals surface area (Å²) < 4.78 is -0.523. The molecule has 2 nitrogen and oxygen atoms in total. The standard InChI is InChI=1S/C14H20BrNO/c1-5-12(16-13(17)14(3,4)15)11-8-6-10(2)7-9-11/h6-9,12H,5H2,1-4H3,(H,16,17). The molecule has 17 heavy (non-hydrogen) atoms. The van der Waals surface area contributed by atoms with Crippen LogP contribution >= 0.6 is 15.9 Å². The molecule has 1 aromatic carbocycles. The van der Waals surface area contributed by atoms with Crippen molar-refractivity contribution in [1.29, 1.82) is 0 Å².